The van der Waals surface area contributed by atoms with Gasteiger partial charge >= 0.3 is 0 Å². The van der Waals surface area contributed by atoms with Crippen LogP contribution in [0.5, 0.6) is 0 Å². The highest BCUT2D eigenvalue weighted by atomic mass is 16.3. The molecule has 1 rings (SSSR count). The predicted octanol–water partition coefficient (Wildman–Crippen LogP) is 2.17. The van der Waals surface area contributed by atoms with E-state index >= 15 is 0 Å². The quantitative estimate of drug-likeness (QED) is 0.598. The highest BCUT2D eigenvalue weighted by Gasteiger charge is 2.12. The molecule has 0 spiro atoms. The number of aliphatic hydroxyl groups excluding tert-OH is 1. The van der Waals surface area contributed by atoms with E-state index in [-0.39, 0.29) is 18.7 Å². The van der Waals surface area contributed by atoms with Crippen LogP contribution < -0.4 is 5.32 Å². The van der Waals surface area contributed by atoms with E-state index in [0.29, 0.717) is 5.92 Å². The average Bonchev–Trinajstić information content (AvgIpc) is 2.74. The monoisotopic (exact) mass is 303 g/mol. The minimum absolute atomic E-state index is 0.0533. The van der Waals surface area contributed by atoms with Gasteiger partial charge in [-0.1, -0.05) is 13.8 Å². The van der Waals surface area contributed by atoms with Gasteiger partial charge in [-0.2, -0.15) is 5.26 Å². The molecule has 1 aromatic heterocycles. The van der Waals surface area contributed by atoms with E-state index in [0.717, 1.165) is 29.9 Å². The smallest absolute Gasteiger partial charge is 0.262 e. The molecule has 0 aromatic carbocycles. The Morgan fingerprint density at radius 3 is 2.73 bits per heavy atom. The van der Waals surface area contributed by atoms with Crippen molar-refractivity contribution < 1.29 is 9.90 Å². The van der Waals surface area contributed by atoms with E-state index < -0.39 is 5.91 Å². The summed E-state index contributed by atoms with van der Waals surface area (Å²) in [5, 5.41) is 20.4. The number of carbonyl (C=O) groups excluding carboxylic acids is 1. The number of hydrogen-bond acceptors (Lipinski definition) is 3. The van der Waals surface area contributed by atoms with Gasteiger partial charge < -0.3 is 15.0 Å². The molecule has 0 atom stereocenters. The van der Waals surface area contributed by atoms with E-state index in [1.807, 2.05) is 26.0 Å². The lowest BCUT2D eigenvalue weighted by Crippen LogP contribution is -2.27. The van der Waals surface area contributed by atoms with Gasteiger partial charge in [0.2, 0.25) is 0 Å². The van der Waals surface area contributed by atoms with Gasteiger partial charge in [0.1, 0.15) is 11.6 Å². The van der Waals surface area contributed by atoms with E-state index in [1.165, 1.54) is 0 Å². The second-order valence-electron chi connectivity index (χ2n) is 5.81. The minimum Gasteiger partial charge on any atom is -0.395 e. The average molecular weight is 303 g/mol. The normalized spacial score (nSPS) is 11.6. The Morgan fingerprint density at radius 1 is 1.50 bits per heavy atom. The van der Waals surface area contributed by atoms with E-state index in [4.69, 9.17) is 10.4 Å². The number of carbonyl (C=O) groups is 1. The lowest BCUT2D eigenvalue weighted by Gasteiger charge is -2.11. The van der Waals surface area contributed by atoms with Crippen molar-refractivity contribution in [1.29, 1.82) is 5.26 Å². The Hall–Kier alpha value is -2.06. The van der Waals surface area contributed by atoms with Crippen LogP contribution in [0.2, 0.25) is 0 Å². The molecule has 0 unspecified atom stereocenters. The SMILES string of the molecule is Cc1cc(/C=C(/C#N)C(=O)NCCO)c(C)n1CCC(C)C. The highest BCUT2D eigenvalue weighted by molar-refractivity contribution is 6.01. The number of rotatable bonds is 7. The molecular formula is C17H25N3O2. The van der Waals surface area contributed by atoms with Crippen molar-refractivity contribution in [2.45, 2.75) is 40.7 Å². The molecule has 1 heterocycles. The largest absolute Gasteiger partial charge is 0.395 e. The molecule has 0 saturated carbocycles. The molecule has 5 nitrogen and oxygen atoms in total. The molecule has 0 saturated heterocycles. The van der Waals surface area contributed by atoms with Crippen LogP contribution in [0.4, 0.5) is 0 Å². The maximum absolute atomic E-state index is 11.8. The molecule has 120 valence electrons. The topological polar surface area (TPSA) is 78.1 Å². The number of aryl methyl sites for hydroxylation is 1. The van der Waals surface area contributed by atoms with Crippen LogP contribution in [0, 0.1) is 31.1 Å². The van der Waals surface area contributed by atoms with Crippen LogP contribution in [-0.4, -0.2) is 28.7 Å². The van der Waals surface area contributed by atoms with Crippen molar-refractivity contribution >= 4 is 12.0 Å². The predicted molar refractivity (Wildman–Crippen MR) is 87.0 cm³/mol. The molecule has 2 N–H and O–H groups in total. The molecule has 0 aliphatic carbocycles. The number of nitrogens with zero attached hydrogens (tertiary/aromatic N) is 2. The van der Waals surface area contributed by atoms with Crippen molar-refractivity contribution in [3.05, 3.63) is 28.6 Å². The summed E-state index contributed by atoms with van der Waals surface area (Å²) in [6, 6.07) is 3.92. The van der Waals surface area contributed by atoms with Crippen molar-refractivity contribution in [2.24, 2.45) is 5.92 Å². The first-order valence-electron chi connectivity index (χ1n) is 7.58. The second kappa shape index (κ2) is 8.40. The van der Waals surface area contributed by atoms with Crippen molar-refractivity contribution in [1.82, 2.24) is 9.88 Å². The molecule has 0 fully saturated rings. The van der Waals surface area contributed by atoms with Gasteiger partial charge in [0.05, 0.1) is 6.61 Å². The molecule has 5 heteroatoms. The Bertz CT molecular complexity index is 592. The summed E-state index contributed by atoms with van der Waals surface area (Å²) >= 11 is 0. The molecule has 22 heavy (non-hydrogen) atoms. The maximum Gasteiger partial charge on any atom is 0.262 e. The zero-order valence-corrected chi connectivity index (χ0v) is 13.8. The van der Waals surface area contributed by atoms with Gasteiger partial charge in [0.15, 0.2) is 0 Å². The maximum atomic E-state index is 11.8. The summed E-state index contributed by atoms with van der Waals surface area (Å²) in [4.78, 5) is 11.8. The third kappa shape index (κ3) is 4.74. The Kier molecular flexibility index (Phi) is 6.87. The zero-order chi connectivity index (χ0) is 16.7. The van der Waals surface area contributed by atoms with Crippen LogP contribution in [-0.2, 0) is 11.3 Å². The number of hydrogen-bond donors (Lipinski definition) is 2. The van der Waals surface area contributed by atoms with Gasteiger partial charge in [-0.3, -0.25) is 4.79 Å². The number of aliphatic hydroxyl groups is 1. The molecular weight excluding hydrogens is 278 g/mol. The fourth-order valence-corrected chi connectivity index (χ4v) is 2.27. The summed E-state index contributed by atoms with van der Waals surface area (Å²) in [6.45, 7) is 9.34. The molecule has 0 bridgehead atoms. The van der Waals surface area contributed by atoms with E-state index in [2.05, 4.69) is 23.7 Å². The van der Waals surface area contributed by atoms with Gasteiger partial charge in [-0.15, -0.1) is 0 Å². The van der Waals surface area contributed by atoms with Crippen LogP contribution in [0.1, 0.15) is 37.2 Å². The first-order valence-corrected chi connectivity index (χ1v) is 7.58. The third-order valence-electron chi connectivity index (χ3n) is 3.61. The molecule has 0 aliphatic rings. The Morgan fingerprint density at radius 2 is 2.18 bits per heavy atom. The number of amides is 1. The van der Waals surface area contributed by atoms with Crippen LogP contribution in [0.3, 0.4) is 0 Å². The number of aromatic nitrogens is 1. The van der Waals surface area contributed by atoms with E-state index in [1.54, 1.807) is 6.08 Å². The van der Waals surface area contributed by atoms with Crippen LogP contribution in [0.15, 0.2) is 11.6 Å². The van der Waals surface area contributed by atoms with Gasteiger partial charge in [0, 0.05) is 24.5 Å². The molecule has 0 radical (unpaired) electrons. The summed E-state index contributed by atoms with van der Waals surface area (Å²) < 4.78 is 2.21. The van der Waals surface area contributed by atoms with Crippen LogP contribution >= 0.6 is 0 Å². The van der Waals surface area contributed by atoms with Crippen LogP contribution in [0.25, 0.3) is 6.08 Å². The minimum atomic E-state index is -0.455. The first-order chi connectivity index (χ1) is 10.4. The zero-order valence-electron chi connectivity index (χ0n) is 13.8. The lowest BCUT2D eigenvalue weighted by atomic mass is 10.1. The summed E-state index contributed by atoms with van der Waals surface area (Å²) in [5.74, 6) is 0.169. The van der Waals surface area contributed by atoms with Gasteiger partial charge in [-0.25, -0.2) is 0 Å². The fourth-order valence-electron chi connectivity index (χ4n) is 2.27. The number of nitriles is 1. The second-order valence-corrected chi connectivity index (χ2v) is 5.81. The molecule has 1 aromatic rings. The third-order valence-corrected chi connectivity index (χ3v) is 3.61. The molecule has 1 amide bonds. The standard InChI is InChI=1S/C17H25N3O2/c1-12(2)5-7-20-13(3)9-15(14(20)4)10-16(11-18)17(22)19-6-8-21/h9-10,12,21H,5-8H2,1-4H3,(H,19,22)/b16-10-. The van der Waals surface area contributed by atoms with Crippen molar-refractivity contribution in [3.8, 4) is 6.07 Å². The fraction of sp³-hybridized carbons (Fsp3) is 0.529. The van der Waals surface area contributed by atoms with Crippen molar-refractivity contribution in [2.75, 3.05) is 13.2 Å². The lowest BCUT2D eigenvalue weighted by molar-refractivity contribution is -0.117. The summed E-state index contributed by atoms with van der Waals surface area (Å²) in [5.41, 5.74) is 3.12. The highest BCUT2D eigenvalue weighted by Crippen LogP contribution is 2.19. The van der Waals surface area contributed by atoms with Crippen molar-refractivity contribution in [3.63, 3.8) is 0 Å². The van der Waals surface area contributed by atoms with Gasteiger partial charge in [0.25, 0.3) is 5.91 Å². The number of nitrogens with one attached hydrogen (secondary N) is 1. The summed E-state index contributed by atoms with van der Waals surface area (Å²) in [7, 11) is 0. The molecule has 0 aliphatic heterocycles. The van der Waals surface area contributed by atoms with Gasteiger partial charge in [-0.05, 0) is 43.9 Å². The van der Waals surface area contributed by atoms with E-state index in [9.17, 15) is 4.79 Å². The first kappa shape index (κ1) is 18.0. The summed E-state index contributed by atoms with van der Waals surface area (Å²) in [6.07, 6.45) is 2.70. The Labute approximate surface area is 132 Å². The Balaban J connectivity index is 3.01.